The minimum atomic E-state index is -4.10. The van der Waals surface area contributed by atoms with E-state index in [0.29, 0.717) is 6.42 Å². The zero-order valence-corrected chi connectivity index (χ0v) is 30.5. The highest BCUT2D eigenvalue weighted by Crippen LogP contribution is 2.55. The van der Waals surface area contributed by atoms with Gasteiger partial charge in [0.25, 0.3) is 0 Å². The predicted molar refractivity (Wildman–Crippen MR) is 183 cm³/mol. The third-order valence-electron chi connectivity index (χ3n) is 10.1. The molecule has 2 N–H and O–H groups in total. The van der Waals surface area contributed by atoms with Gasteiger partial charge in [-0.15, -0.1) is 0 Å². The molecule has 2 aromatic rings. The Morgan fingerprint density at radius 3 is 2.11 bits per heavy atom. The summed E-state index contributed by atoms with van der Waals surface area (Å²) in [4.78, 5) is 62.6. The molecule has 14 nitrogen and oxygen atoms in total. The smallest absolute Gasteiger partial charge is 0.306 e. The average molecular weight is 752 g/mol. The van der Waals surface area contributed by atoms with Crippen LogP contribution in [0.2, 0.25) is 0 Å². The Morgan fingerprint density at radius 1 is 0.907 bits per heavy atom. The van der Waals surface area contributed by atoms with E-state index in [2.05, 4.69) is 0 Å². The van der Waals surface area contributed by atoms with E-state index < -0.39 is 77.7 Å². The maximum Gasteiger partial charge on any atom is 0.306 e. The van der Waals surface area contributed by atoms with Crippen molar-refractivity contribution in [3.05, 3.63) is 83.9 Å². The van der Waals surface area contributed by atoms with Gasteiger partial charge >= 0.3 is 11.9 Å². The maximum atomic E-state index is 13.1. The molecule has 0 aromatic heterocycles. The van der Waals surface area contributed by atoms with Gasteiger partial charge < -0.3 is 58.9 Å². The molecule has 0 aliphatic carbocycles. The van der Waals surface area contributed by atoms with Crippen molar-refractivity contribution in [3.63, 3.8) is 0 Å². The summed E-state index contributed by atoms with van der Waals surface area (Å²) in [7, 11) is 0. The summed E-state index contributed by atoms with van der Waals surface area (Å²) in [5, 5.41) is 60.4. The van der Waals surface area contributed by atoms with Crippen LogP contribution in [0.3, 0.4) is 0 Å². The van der Waals surface area contributed by atoms with Crippen molar-refractivity contribution in [2.75, 3.05) is 0 Å². The molecule has 54 heavy (non-hydrogen) atoms. The number of benzene rings is 2. The first-order valence-electron chi connectivity index (χ1n) is 18.1. The number of hydrogen-bond acceptors (Lipinski definition) is 14. The van der Waals surface area contributed by atoms with Crippen molar-refractivity contribution in [3.8, 4) is 0 Å². The zero-order chi connectivity index (χ0) is 39.7. The van der Waals surface area contributed by atoms with Crippen LogP contribution in [0, 0.1) is 11.8 Å². The number of esters is 2. The van der Waals surface area contributed by atoms with Gasteiger partial charge in [-0.25, -0.2) is 0 Å². The summed E-state index contributed by atoms with van der Waals surface area (Å²) in [6.07, 6.45) is -2.62. The van der Waals surface area contributed by atoms with E-state index in [1.165, 1.54) is 12.5 Å². The van der Waals surface area contributed by atoms with Gasteiger partial charge in [-0.3, -0.25) is 9.59 Å². The van der Waals surface area contributed by atoms with E-state index in [0.717, 1.165) is 24.8 Å². The third kappa shape index (κ3) is 9.17. The fraction of sp³-hybridized carbons (Fsp3) is 0.525. The number of rotatable bonds is 20. The number of aryl methyl sites for hydroxylation is 1. The lowest BCUT2D eigenvalue weighted by Gasteiger charge is -2.55. The Balaban J connectivity index is 1.51. The number of carbonyl (C=O) groups excluding carboxylic acids is 5. The molecule has 2 bridgehead atoms. The number of aliphatic hydroxyl groups excluding tert-OH is 1. The van der Waals surface area contributed by atoms with Crippen molar-refractivity contribution in [1.82, 2.24) is 0 Å². The summed E-state index contributed by atoms with van der Waals surface area (Å²) < 4.78 is 21.8. The molecule has 2 saturated heterocycles. The number of aliphatic hydroxyl groups is 2. The van der Waals surface area contributed by atoms with E-state index in [9.17, 15) is 49.5 Å². The fourth-order valence-electron chi connectivity index (χ4n) is 7.35. The predicted octanol–water partition coefficient (Wildman–Crippen LogP) is 0.0802. The number of hydrogen-bond donors (Lipinski definition) is 2. The number of ether oxygens (including phenoxy) is 4. The van der Waals surface area contributed by atoms with Crippen LogP contribution < -0.4 is 15.3 Å². The first-order chi connectivity index (χ1) is 25.6. The van der Waals surface area contributed by atoms with Gasteiger partial charge in [0.15, 0.2) is 17.3 Å². The molecule has 0 radical (unpaired) electrons. The minimum Gasteiger partial charge on any atom is -0.547 e. The Bertz CT molecular complexity index is 1650. The number of carboxylic acid groups (broad SMARTS) is 3. The normalized spacial score (nSPS) is 27.8. The van der Waals surface area contributed by atoms with Crippen LogP contribution in [0.1, 0.15) is 76.8 Å². The molecule has 3 unspecified atom stereocenters. The fourth-order valence-corrected chi connectivity index (χ4v) is 7.35. The van der Waals surface area contributed by atoms with Crippen molar-refractivity contribution in [2.24, 2.45) is 11.8 Å². The van der Waals surface area contributed by atoms with Crippen LogP contribution in [-0.2, 0) is 55.8 Å². The Hall–Kier alpha value is -4.63. The highest BCUT2D eigenvalue weighted by Gasteiger charge is 2.80. The molecule has 9 atom stereocenters. The van der Waals surface area contributed by atoms with Gasteiger partial charge in [-0.2, -0.15) is 0 Å². The van der Waals surface area contributed by atoms with E-state index in [1.807, 2.05) is 80.6 Å². The van der Waals surface area contributed by atoms with E-state index in [1.54, 1.807) is 6.08 Å². The topological polar surface area (TPSA) is 232 Å². The second-order valence-electron chi connectivity index (χ2n) is 14.2. The van der Waals surface area contributed by atoms with Gasteiger partial charge in [0.2, 0.25) is 5.79 Å². The molecule has 0 amide bonds. The van der Waals surface area contributed by atoms with Crippen LogP contribution in [0.25, 0.3) is 0 Å². The summed E-state index contributed by atoms with van der Waals surface area (Å²) >= 11 is 0. The number of allylic oxidation sites excluding steroid dienone is 2. The van der Waals surface area contributed by atoms with E-state index >= 15 is 0 Å². The highest BCUT2D eigenvalue weighted by molar-refractivity contribution is 5.96. The van der Waals surface area contributed by atoms with Crippen molar-refractivity contribution >= 4 is 29.8 Å². The molecule has 2 heterocycles. The first kappa shape index (κ1) is 42.1. The van der Waals surface area contributed by atoms with Gasteiger partial charge in [-0.1, -0.05) is 86.7 Å². The molecule has 4 rings (SSSR count). The molecule has 0 saturated carbocycles. The van der Waals surface area contributed by atoms with Gasteiger partial charge in [0, 0.05) is 19.8 Å². The van der Waals surface area contributed by atoms with Crippen LogP contribution in [0.5, 0.6) is 0 Å². The number of aliphatic carboxylic acids is 3. The largest absolute Gasteiger partial charge is 0.547 e. The molecule has 14 heteroatoms. The second kappa shape index (κ2) is 18.1. The Kier molecular flexibility index (Phi) is 14.1. The maximum absolute atomic E-state index is 13.1. The van der Waals surface area contributed by atoms with Crippen LogP contribution in [-0.4, -0.2) is 81.5 Å². The highest BCUT2D eigenvalue weighted by atomic mass is 16.8. The van der Waals surface area contributed by atoms with Crippen LogP contribution in [0.15, 0.2) is 72.8 Å². The molecule has 2 aliphatic heterocycles. The summed E-state index contributed by atoms with van der Waals surface area (Å²) in [6, 6.07) is 19.3. The molecular weight excluding hydrogens is 704 g/mol. The zero-order valence-electron chi connectivity index (χ0n) is 30.5. The number of fused-ring (bicyclic) bond motifs is 2. The average Bonchev–Trinajstić information content (AvgIpc) is 3.33. The van der Waals surface area contributed by atoms with Crippen molar-refractivity contribution < 1.29 is 68.5 Å². The molecule has 294 valence electrons. The first-order valence-corrected chi connectivity index (χ1v) is 18.1. The number of carbonyl (C=O) groups is 5. The van der Waals surface area contributed by atoms with Gasteiger partial charge in [-0.05, 0) is 67.9 Å². The summed E-state index contributed by atoms with van der Waals surface area (Å²) in [5.41, 5.74) is -5.65. The summed E-state index contributed by atoms with van der Waals surface area (Å²) in [6.45, 7) is 5.06. The third-order valence-corrected chi connectivity index (χ3v) is 10.1. The molecule has 2 fully saturated rings. The lowest BCUT2D eigenvalue weighted by molar-refractivity contribution is -0.431. The second-order valence-corrected chi connectivity index (χ2v) is 14.2. The van der Waals surface area contributed by atoms with E-state index in [-0.39, 0.29) is 37.5 Å². The molecule has 2 aromatic carbocycles. The monoisotopic (exact) mass is 751 g/mol. The van der Waals surface area contributed by atoms with E-state index in [4.69, 9.17) is 18.9 Å². The van der Waals surface area contributed by atoms with Gasteiger partial charge in [0.1, 0.15) is 18.3 Å². The minimum absolute atomic E-state index is 0.0648. The van der Waals surface area contributed by atoms with Crippen LogP contribution >= 0.6 is 0 Å². The van der Waals surface area contributed by atoms with Crippen molar-refractivity contribution in [1.29, 1.82) is 0 Å². The standard InChI is InChI=1S/C40H50O14/c1-25(15-12-20-28-16-6-4-7-17-28)14-10-11-22-31(42)52-33-32(43)38(53-34(35(44)45)39(50,36(46)47)40(33,54-38)37(48)49)23-13-21-30(51-27(3)41)26(2)24-29-18-8-5-9-19-29/h4-10,14,16-19,25-26,30,32-34,43,50H,11-13,15,20-24H2,1-3H3,(H,44,45)(H,46,47)(H,48,49)/p-3/b14-10+/t25?,26?,30?,32-,33-,34-,38+,39-,40+/m1/s1. The molecular formula is C40H47O14-3. The SMILES string of the molecule is CC(=O)OC(CCC[C@]12O[C@H](C(=O)[O-])[C@@](O)(C(=O)[O-])[C@](C(=O)[O-])(O1)[C@H](OC(=O)CC/C=C/C(C)CCCc1ccccc1)[C@H]2O)C(C)Cc1ccccc1. The molecule has 0 spiro atoms. The quantitative estimate of drug-likeness (QED) is 0.135. The lowest BCUT2D eigenvalue weighted by atomic mass is 9.74. The number of carboxylic acids is 3. The molecule has 2 aliphatic rings. The Labute approximate surface area is 313 Å². The van der Waals surface area contributed by atoms with Crippen LogP contribution in [0.4, 0.5) is 0 Å². The summed E-state index contributed by atoms with van der Waals surface area (Å²) in [5.74, 6) is -12.0. The Morgan fingerprint density at radius 2 is 1.54 bits per heavy atom. The van der Waals surface area contributed by atoms with Gasteiger partial charge in [0.05, 0.1) is 17.9 Å². The lowest BCUT2D eigenvalue weighted by Crippen LogP contribution is -2.82. The van der Waals surface area contributed by atoms with Crippen molar-refractivity contribution in [2.45, 2.75) is 120 Å².